The van der Waals surface area contributed by atoms with Gasteiger partial charge in [0.15, 0.2) is 0 Å². The highest BCUT2D eigenvalue weighted by Gasteiger charge is 2.11. The minimum atomic E-state index is 0.884. The molecule has 1 aromatic rings. The minimum Gasteiger partial charge on any atom is -0.312 e. The molecule has 14 heavy (non-hydrogen) atoms. The number of rotatable bonds is 1. The smallest absolute Gasteiger partial charge is 0.0491 e. The van der Waals surface area contributed by atoms with Gasteiger partial charge in [0.25, 0.3) is 0 Å². The van der Waals surface area contributed by atoms with E-state index in [4.69, 9.17) is 11.6 Å². The van der Waals surface area contributed by atoms with E-state index < -0.39 is 0 Å². The Morgan fingerprint density at radius 2 is 2.00 bits per heavy atom. The summed E-state index contributed by atoms with van der Waals surface area (Å²) in [4.78, 5) is 0. The Balaban J connectivity index is 2.13. The summed E-state index contributed by atoms with van der Waals surface area (Å²) >= 11 is 7.67. The summed E-state index contributed by atoms with van der Waals surface area (Å²) in [5.41, 5.74) is 2.55. The van der Waals surface area contributed by atoms with E-state index in [1.165, 1.54) is 11.3 Å². The second-order valence-corrected chi connectivity index (χ2v) is 4.79. The second kappa shape index (κ2) is 4.28. The van der Waals surface area contributed by atoms with Gasteiger partial charge in [0.1, 0.15) is 0 Å². The van der Waals surface area contributed by atoms with Gasteiger partial charge in [0.2, 0.25) is 0 Å². The number of nitrogens with zero attached hydrogens (tertiary/aromatic N) is 1. The molecule has 1 aliphatic rings. The van der Waals surface area contributed by atoms with Gasteiger partial charge in [-0.2, -0.15) is 0 Å². The fourth-order valence-electron chi connectivity index (χ4n) is 1.32. The van der Waals surface area contributed by atoms with Gasteiger partial charge in [-0.15, -0.1) is 0 Å². The standard InChI is InChI=1S/C11H12ClNS/c1-9-2-4-11(5-3-9)13-7-6-10(12)8-14-13/h2-6H,7-8H2,1H3. The Labute approximate surface area is 93.9 Å². The van der Waals surface area contributed by atoms with E-state index in [1.807, 2.05) is 0 Å². The topological polar surface area (TPSA) is 3.24 Å². The first kappa shape index (κ1) is 9.94. The Hall–Kier alpha value is -0.600. The van der Waals surface area contributed by atoms with Gasteiger partial charge in [-0.1, -0.05) is 29.3 Å². The van der Waals surface area contributed by atoms with Crippen molar-refractivity contribution in [3.63, 3.8) is 0 Å². The third-order valence-corrected chi connectivity index (χ3v) is 3.72. The molecule has 2 rings (SSSR count). The SMILES string of the molecule is Cc1ccc(N2CC=C(Cl)CS2)cc1. The highest BCUT2D eigenvalue weighted by atomic mass is 35.5. The largest absolute Gasteiger partial charge is 0.312 e. The maximum atomic E-state index is 5.91. The zero-order valence-corrected chi connectivity index (χ0v) is 9.61. The lowest BCUT2D eigenvalue weighted by molar-refractivity contribution is 1.18. The average Bonchev–Trinajstić information content (AvgIpc) is 2.21. The van der Waals surface area contributed by atoms with E-state index in [0.29, 0.717) is 0 Å². The summed E-state index contributed by atoms with van der Waals surface area (Å²) in [5.74, 6) is 0.884. The van der Waals surface area contributed by atoms with E-state index in [-0.39, 0.29) is 0 Å². The van der Waals surface area contributed by atoms with Crippen molar-refractivity contribution in [2.24, 2.45) is 0 Å². The maximum Gasteiger partial charge on any atom is 0.0491 e. The normalized spacial score (nSPS) is 16.7. The number of aryl methyl sites for hydroxylation is 1. The molecule has 74 valence electrons. The lowest BCUT2D eigenvalue weighted by Gasteiger charge is -2.25. The summed E-state index contributed by atoms with van der Waals surface area (Å²) in [6.07, 6.45) is 2.07. The van der Waals surface area contributed by atoms with Crippen LogP contribution in [0.3, 0.4) is 0 Å². The van der Waals surface area contributed by atoms with Crippen molar-refractivity contribution in [2.45, 2.75) is 6.92 Å². The molecule has 0 N–H and O–H groups in total. The molecule has 0 radical (unpaired) electrons. The van der Waals surface area contributed by atoms with Crippen LogP contribution in [0.5, 0.6) is 0 Å². The number of anilines is 1. The molecule has 0 aliphatic carbocycles. The van der Waals surface area contributed by atoms with E-state index in [1.54, 1.807) is 11.9 Å². The average molecular weight is 226 g/mol. The van der Waals surface area contributed by atoms with Crippen LogP contribution in [-0.2, 0) is 0 Å². The molecule has 0 unspecified atom stereocenters. The molecule has 0 saturated heterocycles. The van der Waals surface area contributed by atoms with Gasteiger partial charge in [-0.3, -0.25) is 0 Å². The van der Waals surface area contributed by atoms with Crippen molar-refractivity contribution < 1.29 is 0 Å². The molecular weight excluding hydrogens is 214 g/mol. The first-order valence-electron chi connectivity index (χ1n) is 4.57. The van der Waals surface area contributed by atoms with Crippen molar-refractivity contribution in [2.75, 3.05) is 16.6 Å². The quantitative estimate of drug-likeness (QED) is 0.672. The summed E-state index contributed by atoms with van der Waals surface area (Å²) in [6.45, 7) is 3.00. The van der Waals surface area contributed by atoms with Crippen LogP contribution >= 0.6 is 23.5 Å². The number of halogens is 1. The summed E-state index contributed by atoms with van der Waals surface area (Å²) < 4.78 is 2.26. The van der Waals surface area contributed by atoms with Crippen molar-refractivity contribution in [1.29, 1.82) is 0 Å². The van der Waals surface area contributed by atoms with Crippen molar-refractivity contribution in [1.82, 2.24) is 0 Å². The van der Waals surface area contributed by atoms with Crippen LogP contribution < -0.4 is 4.31 Å². The third kappa shape index (κ3) is 2.25. The van der Waals surface area contributed by atoms with Crippen molar-refractivity contribution in [3.8, 4) is 0 Å². The molecule has 1 aliphatic heterocycles. The van der Waals surface area contributed by atoms with Crippen LogP contribution in [0.2, 0.25) is 0 Å². The maximum absolute atomic E-state index is 5.91. The van der Waals surface area contributed by atoms with Gasteiger partial charge in [0.05, 0.1) is 0 Å². The van der Waals surface area contributed by atoms with Gasteiger partial charge in [-0.25, -0.2) is 0 Å². The fourth-order valence-corrected chi connectivity index (χ4v) is 2.39. The molecule has 0 amide bonds. The van der Waals surface area contributed by atoms with Crippen LogP contribution in [0.1, 0.15) is 5.56 Å². The predicted molar refractivity (Wildman–Crippen MR) is 64.9 cm³/mol. The summed E-state index contributed by atoms with van der Waals surface area (Å²) in [7, 11) is 0. The molecule has 1 heterocycles. The predicted octanol–water partition coefficient (Wildman–Crippen LogP) is 3.59. The second-order valence-electron chi connectivity index (χ2n) is 3.32. The molecule has 0 aromatic heterocycles. The van der Waals surface area contributed by atoms with Crippen molar-refractivity contribution in [3.05, 3.63) is 40.9 Å². The van der Waals surface area contributed by atoms with Crippen LogP contribution in [0.25, 0.3) is 0 Å². The molecule has 0 atom stereocenters. The molecule has 3 heteroatoms. The monoisotopic (exact) mass is 225 g/mol. The number of benzene rings is 1. The van der Waals surface area contributed by atoms with E-state index in [2.05, 4.69) is 41.6 Å². The third-order valence-electron chi connectivity index (χ3n) is 2.16. The lowest BCUT2D eigenvalue weighted by atomic mass is 10.2. The summed E-state index contributed by atoms with van der Waals surface area (Å²) in [5, 5.41) is 0.957. The highest BCUT2D eigenvalue weighted by Crippen LogP contribution is 2.28. The Bertz CT molecular complexity index is 345. The van der Waals surface area contributed by atoms with Gasteiger partial charge in [-0.05, 0) is 37.1 Å². The zero-order valence-electron chi connectivity index (χ0n) is 8.03. The Morgan fingerprint density at radius 3 is 2.57 bits per heavy atom. The van der Waals surface area contributed by atoms with Gasteiger partial charge < -0.3 is 4.31 Å². The zero-order chi connectivity index (χ0) is 9.97. The Morgan fingerprint density at radius 1 is 1.29 bits per heavy atom. The van der Waals surface area contributed by atoms with Crippen LogP contribution in [0.15, 0.2) is 35.4 Å². The molecule has 0 spiro atoms. The van der Waals surface area contributed by atoms with E-state index in [9.17, 15) is 0 Å². The molecule has 1 aromatic carbocycles. The van der Waals surface area contributed by atoms with Crippen LogP contribution in [0.4, 0.5) is 5.69 Å². The molecule has 0 saturated carbocycles. The van der Waals surface area contributed by atoms with Gasteiger partial charge in [0, 0.05) is 23.0 Å². The van der Waals surface area contributed by atoms with Crippen molar-refractivity contribution >= 4 is 29.2 Å². The minimum absolute atomic E-state index is 0.884. The fraction of sp³-hybridized carbons (Fsp3) is 0.273. The first-order valence-corrected chi connectivity index (χ1v) is 5.89. The molecular formula is C11H12ClNS. The molecule has 1 nitrogen and oxygen atoms in total. The number of hydrogen-bond acceptors (Lipinski definition) is 2. The Kier molecular flexibility index (Phi) is 3.04. The van der Waals surface area contributed by atoms with E-state index in [0.717, 1.165) is 17.3 Å². The van der Waals surface area contributed by atoms with Crippen LogP contribution in [0, 0.1) is 6.92 Å². The van der Waals surface area contributed by atoms with E-state index >= 15 is 0 Å². The first-order chi connectivity index (χ1) is 6.75. The summed E-state index contributed by atoms with van der Waals surface area (Å²) in [6, 6.07) is 8.57. The molecule has 0 fully saturated rings. The van der Waals surface area contributed by atoms with Gasteiger partial charge >= 0.3 is 0 Å². The number of hydrogen-bond donors (Lipinski definition) is 0. The van der Waals surface area contributed by atoms with Crippen LogP contribution in [-0.4, -0.2) is 12.3 Å². The molecule has 0 bridgehead atoms. The lowest BCUT2D eigenvalue weighted by Crippen LogP contribution is -2.18. The highest BCUT2D eigenvalue weighted by molar-refractivity contribution is 8.00.